The van der Waals surface area contributed by atoms with Crippen molar-refractivity contribution in [2.24, 2.45) is 0 Å². The van der Waals surface area contributed by atoms with Crippen LogP contribution in [0.2, 0.25) is 0 Å². The molecule has 0 radical (unpaired) electrons. The lowest BCUT2D eigenvalue weighted by Gasteiger charge is -2.16. The number of aliphatic hydroxyl groups excluding tert-OH is 1. The molecule has 0 aliphatic heterocycles. The number of carbonyl (C=O) groups is 2. The number of hydrogen-bond donors (Lipinski definition) is 3. The van der Waals surface area contributed by atoms with Crippen LogP contribution in [0, 0.1) is 0 Å². The molecule has 3 N–H and O–H groups in total. The molecule has 7 nitrogen and oxygen atoms in total. The molecule has 104 valence electrons. The van der Waals surface area contributed by atoms with Gasteiger partial charge in [0.1, 0.15) is 5.69 Å². The Hall–Kier alpha value is -2.54. The fourth-order valence-corrected chi connectivity index (χ4v) is 1.67. The first kappa shape index (κ1) is 13.9. The second-order valence-corrected chi connectivity index (χ2v) is 4.27. The van der Waals surface area contributed by atoms with Crippen molar-refractivity contribution in [2.45, 2.75) is 19.1 Å². The largest absolute Gasteiger partial charge is 0.480 e. The monoisotopic (exact) mass is 275 g/mol. The Morgan fingerprint density at radius 3 is 2.50 bits per heavy atom. The van der Waals surface area contributed by atoms with Crippen LogP contribution in [0.15, 0.2) is 30.5 Å². The number of nitrogens with one attached hydrogen (secondary N) is 1. The van der Waals surface area contributed by atoms with E-state index in [0.717, 1.165) is 0 Å². The van der Waals surface area contributed by atoms with Crippen LogP contribution in [0.25, 0.3) is 11.0 Å². The number of aliphatic hydroxyl groups is 1. The third-order valence-electron chi connectivity index (χ3n) is 2.72. The quantitative estimate of drug-likeness (QED) is 0.734. The highest BCUT2D eigenvalue weighted by Gasteiger charge is 2.26. The Bertz CT molecular complexity index is 657. The highest BCUT2D eigenvalue weighted by atomic mass is 16.4. The number of aliphatic carboxylic acids is 1. The molecule has 7 heteroatoms. The zero-order valence-corrected chi connectivity index (χ0v) is 10.6. The summed E-state index contributed by atoms with van der Waals surface area (Å²) < 4.78 is 0. The van der Waals surface area contributed by atoms with Gasteiger partial charge in [-0.3, -0.25) is 9.78 Å². The topological polar surface area (TPSA) is 112 Å². The molecule has 0 fully saturated rings. The van der Waals surface area contributed by atoms with E-state index in [1.54, 1.807) is 24.3 Å². The zero-order chi connectivity index (χ0) is 14.7. The Balaban J connectivity index is 2.24. The Labute approximate surface area is 114 Å². The van der Waals surface area contributed by atoms with E-state index in [0.29, 0.717) is 11.0 Å². The van der Waals surface area contributed by atoms with Crippen molar-refractivity contribution in [3.05, 3.63) is 36.2 Å². The molecular weight excluding hydrogens is 262 g/mol. The summed E-state index contributed by atoms with van der Waals surface area (Å²) in [7, 11) is 0. The second-order valence-electron chi connectivity index (χ2n) is 4.27. The van der Waals surface area contributed by atoms with Crippen molar-refractivity contribution < 1.29 is 19.8 Å². The lowest BCUT2D eigenvalue weighted by Crippen LogP contribution is -2.47. The minimum absolute atomic E-state index is 0.00407. The number of fused-ring (bicyclic) bond motifs is 1. The zero-order valence-electron chi connectivity index (χ0n) is 10.6. The van der Waals surface area contributed by atoms with E-state index < -0.39 is 24.0 Å². The SMILES string of the molecule is C[C@@H](O)[C@H](NC(=O)c1cnc2ccccc2n1)C(=O)O. The molecule has 0 saturated carbocycles. The van der Waals surface area contributed by atoms with Gasteiger partial charge in [0.25, 0.3) is 5.91 Å². The number of rotatable bonds is 4. The lowest BCUT2D eigenvalue weighted by molar-refractivity contribution is -0.141. The van der Waals surface area contributed by atoms with Crippen molar-refractivity contribution in [2.75, 3.05) is 0 Å². The molecule has 2 atom stereocenters. The molecule has 0 unspecified atom stereocenters. The number of amides is 1. The van der Waals surface area contributed by atoms with Gasteiger partial charge in [0, 0.05) is 0 Å². The minimum atomic E-state index is -1.39. The van der Waals surface area contributed by atoms with Crippen LogP contribution in [-0.4, -0.2) is 44.2 Å². The molecule has 0 spiro atoms. The molecule has 1 amide bonds. The molecule has 0 bridgehead atoms. The van der Waals surface area contributed by atoms with E-state index >= 15 is 0 Å². The molecular formula is C13H13N3O4. The predicted octanol–water partition coefficient (Wildman–Crippen LogP) is 0.194. The number of para-hydroxylation sites is 2. The first-order valence-electron chi connectivity index (χ1n) is 5.92. The van der Waals surface area contributed by atoms with Crippen LogP contribution >= 0.6 is 0 Å². The van der Waals surface area contributed by atoms with Gasteiger partial charge in [-0.25, -0.2) is 9.78 Å². The third-order valence-corrected chi connectivity index (χ3v) is 2.72. The molecule has 2 rings (SSSR count). The van der Waals surface area contributed by atoms with Gasteiger partial charge in [-0.15, -0.1) is 0 Å². The third kappa shape index (κ3) is 2.89. The van der Waals surface area contributed by atoms with Crippen LogP contribution in [-0.2, 0) is 4.79 Å². The maximum Gasteiger partial charge on any atom is 0.328 e. The Morgan fingerprint density at radius 2 is 1.90 bits per heavy atom. The Kier molecular flexibility index (Phi) is 3.90. The summed E-state index contributed by atoms with van der Waals surface area (Å²) in [6.45, 7) is 1.28. The van der Waals surface area contributed by atoms with E-state index in [1.165, 1.54) is 13.1 Å². The highest BCUT2D eigenvalue weighted by molar-refractivity contribution is 5.96. The second kappa shape index (κ2) is 5.62. The minimum Gasteiger partial charge on any atom is -0.480 e. The number of aromatic nitrogens is 2. The van der Waals surface area contributed by atoms with E-state index in [1.807, 2.05) is 0 Å². The van der Waals surface area contributed by atoms with Gasteiger partial charge in [-0.2, -0.15) is 0 Å². The number of carboxylic acids is 1. The van der Waals surface area contributed by atoms with Gasteiger partial charge in [0.2, 0.25) is 0 Å². The van der Waals surface area contributed by atoms with Crippen LogP contribution in [0.4, 0.5) is 0 Å². The van der Waals surface area contributed by atoms with Gasteiger partial charge < -0.3 is 15.5 Å². The summed E-state index contributed by atoms with van der Waals surface area (Å²) in [5, 5.41) is 20.4. The first-order valence-corrected chi connectivity index (χ1v) is 5.92. The fourth-order valence-electron chi connectivity index (χ4n) is 1.67. The molecule has 1 aromatic heterocycles. The standard InChI is InChI=1S/C13H13N3O4/c1-7(17)11(13(19)20)16-12(18)10-6-14-8-4-2-3-5-9(8)15-10/h2-7,11,17H,1H3,(H,16,18)(H,19,20)/t7-,11+/m1/s1. The summed E-state index contributed by atoms with van der Waals surface area (Å²) in [6.07, 6.45) is 0.0448. The van der Waals surface area contributed by atoms with E-state index in [-0.39, 0.29) is 5.69 Å². The maximum atomic E-state index is 11.9. The molecule has 20 heavy (non-hydrogen) atoms. The average Bonchev–Trinajstić information content (AvgIpc) is 2.43. The maximum absolute atomic E-state index is 11.9. The van der Waals surface area contributed by atoms with Crippen LogP contribution in [0.5, 0.6) is 0 Å². The van der Waals surface area contributed by atoms with Crippen LogP contribution < -0.4 is 5.32 Å². The number of benzene rings is 1. The van der Waals surface area contributed by atoms with Gasteiger partial charge in [-0.1, -0.05) is 12.1 Å². The smallest absolute Gasteiger partial charge is 0.328 e. The molecule has 1 heterocycles. The fraction of sp³-hybridized carbons (Fsp3) is 0.231. The van der Waals surface area contributed by atoms with Crippen molar-refractivity contribution in [3.8, 4) is 0 Å². The first-order chi connectivity index (χ1) is 9.49. The van der Waals surface area contributed by atoms with Crippen molar-refractivity contribution in [1.29, 1.82) is 0 Å². The summed E-state index contributed by atoms with van der Waals surface area (Å²) in [5.74, 6) is -2.02. The summed E-state index contributed by atoms with van der Waals surface area (Å²) in [5.41, 5.74) is 1.16. The summed E-state index contributed by atoms with van der Waals surface area (Å²) >= 11 is 0. The van der Waals surface area contributed by atoms with E-state index in [2.05, 4.69) is 15.3 Å². The predicted molar refractivity (Wildman–Crippen MR) is 70.1 cm³/mol. The summed E-state index contributed by atoms with van der Waals surface area (Å²) in [6, 6.07) is 5.61. The van der Waals surface area contributed by atoms with Crippen molar-refractivity contribution >= 4 is 22.9 Å². The van der Waals surface area contributed by atoms with Crippen LogP contribution in [0.1, 0.15) is 17.4 Å². The Morgan fingerprint density at radius 1 is 1.25 bits per heavy atom. The molecule has 0 aliphatic rings. The summed E-state index contributed by atoms with van der Waals surface area (Å²) in [4.78, 5) is 31.0. The lowest BCUT2D eigenvalue weighted by atomic mass is 10.2. The van der Waals surface area contributed by atoms with Gasteiger partial charge in [0.15, 0.2) is 6.04 Å². The van der Waals surface area contributed by atoms with Crippen LogP contribution in [0.3, 0.4) is 0 Å². The number of nitrogens with zero attached hydrogens (tertiary/aromatic N) is 2. The van der Waals surface area contributed by atoms with Gasteiger partial charge in [-0.05, 0) is 19.1 Å². The average molecular weight is 275 g/mol. The van der Waals surface area contributed by atoms with E-state index in [9.17, 15) is 14.7 Å². The normalized spacial score (nSPS) is 13.7. The molecule has 0 saturated heterocycles. The number of hydrogen-bond acceptors (Lipinski definition) is 5. The van der Waals surface area contributed by atoms with E-state index in [4.69, 9.17) is 5.11 Å². The molecule has 1 aromatic carbocycles. The van der Waals surface area contributed by atoms with Gasteiger partial charge in [0.05, 0.1) is 23.3 Å². The number of carboxylic acid groups (broad SMARTS) is 1. The molecule has 0 aliphatic carbocycles. The number of carbonyl (C=O) groups excluding carboxylic acids is 1. The van der Waals surface area contributed by atoms with Crippen molar-refractivity contribution in [1.82, 2.24) is 15.3 Å². The molecule has 2 aromatic rings. The van der Waals surface area contributed by atoms with Crippen molar-refractivity contribution in [3.63, 3.8) is 0 Å². The highest BCUT2D eigenvalue weighted by Crippen LogP contribution is 2.08. The van der Waals surface area contributed by atoms with Gasteiger partial charge >= 0.3 is 5.97 Å².